The fraction of sp³-hybridized carbons (Fsp3) is 0.125. The Kier molecular flexibility index (Phi) is 2.94. The van der Waals surface area contributed by atoms with Crippen LogP contribution in [0.1, 0.15) is 5.56 Å². The average Bonchev–Trinajstić information content (AvgIpc) is 2.63. The molecule has 2 aromatic rings. The minimum absolute atomic E-state index is 0.524. The lowest BCUT2D eigenvalue weighted by Crippen LogP contribution is -2.00. The molecule has 2 aromatic heterocycles. The SMILES string of the molecule is Nc1nn(Cc2ccsc2Br)cc1Br. The molecule has 0 amide bonds. The van der Waals surface area contributed by atoms with E-state index in [1.54, 1.807) is 11.3 Å². The van der Waals surface area contributed by atoms with Crippen LogP contribution in [-0.2, 0) is 6.54 Å². The Balaban J connectivity index is 2.23. The molecule has 6 heteroatoms. The van der Waals surface area contributed by atoms with Crippen LogP contribution in [0.5, 0.6) is 0 Å². The number of hydrogen-bond acceptors (Lipinski definition) is 3. The van der Waals surface area contributed by atoms with Crippen LogP contribution in [0.25, 0.3) is 0 Å². The molecule has 0 saturated heterocycles. The second kappa shape index (κ2) is 4.04. The van der Waals surface area contributed by atoms with E-state index in [9.17, 15) is 0 Å². The quantitative estimate of drug-likeness (QED) is 0.915. The van der Waals surface area contributed by atoms with Gasteiger partial charge in [-0.3, -0.25) is 4.68 Å². The summed E-state index contributed by atoms with van der Waals surface area (Å²) in [5.74, 6) is 0.524. The van der Waals surface area contributed by atoms with Crippen LogP contribution >= 0.6 is 43.2 Å². The number of aromatic nitrogens is 2. The standard InChI is InChI=1S/C8H7Br2N3S/c9-6-4-13(12-8(6)11)3-5-1-2-14-7(5)10/h1-2,4H,3H2,(H2,11,12). The lowest BCUT2D eigenvalue weighted by atomic mass is 10.3. The van der Waals surface area contributed by atoms with E-state index in [0.29, 0.717) is 5.82 Å². The summed E-state index contributed by atoms with van der Waals surface area (Å²) >= 11 is 8.47. The number of rotatable bonds is 2. The summed E-state index contributed by atoms with van der Waals surface area (Å²) in [5, 5.41) is 6.20. The molecule has 2 N–H and O–H groups in total. The van der Waals surface area contributed by atoms with E-state index in [-0.39, 0.29) is 0 Å². The summed E-state index contributed by atoms with van der Waals surface area (Å²) in [6, 6.07) is 2.07. The van der Waals surface area contributed by atoms with Gasteiger partial charge >= 0.3 is 0 Å². The first-order valence-electron chi connectivity index (χ1n) is 3.87. The van der Waals surface area contributed by atoms with E-state index in [1.165, 1.54) is 5.56 Å². The average molecular weight is 337 g/mol. The van der Waals surface area contributed by atoms with Crippen molar-refractivity contribution in [3.05, 3.63) is 31.5 Å². The summed E-state index contributed by atoms with van der Waals surface area (Å²) in [5.41, 5.74) is 6.83. The topological polar surface area (TPSA) is 43.8 Å². The third-order valence-corrected chi connectivity index (χ3v) is 4.19. The van der Waals surface area contributed by atoms with Gasteiger partial charge in [-0.25, -0.2) is 0 Å². The van der Waals surface area contributed by atoms with Crippen LogP contribution in [0.4, 0.5) is 5.82 Å². The maximum Gasteiger partial charge on any atom is 0.159 e. The van der Waals surface area contributed by atoms with Gasteiger partial charge in [0.05, 0.1) is 14.8 Å². The first-order valence-corrected chi connectivity index (χ1v) is 6.33. The fourth-order valence-corrected chi connectivity index (χ4v) is 2.63. The van der Waals surface area contributed by atoms with E-state index in [1.807, 2.05) is 16.3 Å². The smallest absolute Gasteiger partial charge is 0.159 e. The van der Waals surface area contributed by atoms with Crippen molar-refractivity contribution < 1.29 is 0 Å². The van der Waals surface area contributed by atoms with Crippen molar-refractivity contribution in [3.63, 3.8) is 0 Å². The lowest BCUT2D eigenvalue weighted by molar-refractivity contribution is 0.690. The molecular weight excluding hydrogens is 330 g/mol. The van der Waals surface area contributed by atoms with Crippen molar-refractivity contribution in [2.24, 2.45) is 0 Å². The van der Waals surface area contributed by atoms with Gasteiger partial charge in [-0.05, 0) is 48.9 Å². The van der Waals surface area contributed by atoms with Crippen molar-refractivity contribution >= 4 is 49.0 Å². The Morgan fingerprint density at radius 2 is 2.29 bits per heavy atom. The molecule has 74 valence electrons. The van der Waals surface area contributed by atoms with Crippen molar-refractivity contribution in [2.45, 2.75) is 6.54 Å². The number of thiophene rings is 1. The minimum Gasteiger partial charge on any atom is -0.381 e. The maximum absolute atomic E-state index is 5.62. The molecule has 2 heterocycles. The highest BCUT2D eigenvalue weighted by Crippen LogP contribution is 2.25. The summed E-state index contributed by atoms with van der Waals surface area (Å²) in [7, 11) is 0. The second-order valence-electron chi connectivity index (χ2n) is 2.78. The molecule has 0 aliphatic carbocycles. The zero-order valence-corrected chi connectivity index (χ0v) is 11.1. The van der Waals surface area contributed by atoms with E-state index in [0.717, 1.165) is 14.8 Å². The van der Waals surface area contributed by atoms with Gasteiger partial charge in [-0.1, -0.05) is 0 Å². The van der Waals surface area contributed by atoms with Gasteiger partial charge in [0.25, 0.3) is 0 Å². The zero-order valence-electron chi connectivity index (χ0n) is 7.08. The highest BCUT2D eigenvalue weighted by atomic mass is 79.9. The summed E-state index contributed by atoms with van der Waals surface area (Å²) in [4.78, 5) is 0. The monoisotopic (exact) mass is 335 g/mol. The van der Waals surface area contributed by atoms with Crippen LogP contribution in [0.3, 0.4) is 0 Å². The van der Waals surface area contributed by atoms with Crippen molar-refractivity contribution in [3.8, 4) is 0 Å². The number of nitrogens with zero attached hydrogens (tertiary/aromatic N) is 2. The van der Waals surface area contributed by atoms with Gasteiger partial charge in [-0.2, -0.15) is 5.10 Å². The number of halogens is 2. The molecule has 3 nitrogen and oxygen atoms in total. The molecule has 0 aromatic carbocycles. The van der Waals surface area contributed by atoms with E-state index in [4.69, 9.17) is 5.73 Å². The molecule has 0 radical (unpaired) electrons. The fourth-order valence-electron chi connectivity index (χ4n) is 1.10. The van der Waals surface area contributed by atoms with Gasteiger partial charge < -0.3 is 5.73 Å². The van der Waals surface area contributed by atoms with Gasteiger partial charge in [0.2, 0.25) is 0 Å². The normalized spacial score (nSPS) is 10.7. The summed E-state index contributed by atoms with van der Waals surface area (Å²) in [6.07, 6.45) is 1.87. The molecule has 0 spiro atoms. The summed E-state index contributed by atoms with van der Waals surface area (Å²) in [6.45, 7) is 0.736. The van der Waals surface area contributed by atoms with Crippen LogP contribution in [-0.4, -0.2) is 9.78 Å². The third kappa shape index (κ3) is 2.02. The Morgan fingerprint density at radius 1 is 1.50 bits per heavy atom. The van der Waals surface area contributed by atoms with E-state index < -0.39 is 0 Å². The van der Waals surface area contributed by atoms with Crippen molar-refractivity contribution in [1.82, 2.24) is 9.78 Å². The molecule has 0 saturated carbocycles. The first kappa shape index (κ1) is 10.2. The summed E-state index contributed by atoms with van der Waals surface area (Å²) < 4.78 is 3.79. The molecule has 0 unspecified atom stereocenters. The predicted octanol–water partition coefficient (Wildman–Crippen LogP) is 3.10. The van der Waals surface area contributed by atoms with E-state index in [2.05, 4.69) is 43.0 Å². The molecule has 0 bridgehead atoms. The predicted molar refractivity (Wildman–Crippen MR) is 65.5 cm³/mol. The molecule has 0 fully saturated rings. The third-order valence-electron chi connectivity index (χ3n) is 1.77. The van der Waals surface area contributed by atoms with Crippen LogP contribution in [0.2, 0.25) is 0 Å². The highest BCUT2D eigenvalue weighted by Gasteiger charge is 2.05. The van der Waals surface area contributed by atoms with Gasteiger partial charge in [0.15, 0.2) is 5.82 Å². The van der Waals surface area contributed by atoms with Gasteiger partial charge in [0.1, 0.15) is 0 Å². The first-order chi connectivity index (χ1) is 6.66. The zero-order chi connectivity index (χ0) is 10.1. The number of nitrogens with two attached hydrogens (primary N) is 1. The largest absolute Gasteiger partial charge is 0.381 e. The molecule has 0 aliphatic rings. The van der Waals surface area contributed by atoms with Crippen molar-refractivity contribution in [1.29, 1.82) is 0 Å². The number of hydrogen-bond donors (Lipinski definition) is 1. The van der Waals surface area contributed by atoms with Gasteiger partial charge in [-0.15, -0.1) is 11.3 Å². The minimum atomic E-state index is 0.524. The Morgan fingerprint density at radius 3 is 2.79 bits per heavy atom. The molecule has 2 rings (SSSR count). The number of nitrogen functional groups attached to an aromatic ring is 1. The maximum atomic E-state index is 5.62. The van der Waals surface area contributed by atoms with Gasteiger partial charge in [0, 0.05) is 6.20 Å². The second-order valence-corrected chi connectivity index (χ2v) is 5.87. The molecule has 0 atom stereocenters. The van der Waals surface area contributed by atoms with E-state index >= 15 is 0 Å². The molecule has 14 heavy (non-hydrogen) atoms. The van der Waals surface area contributed by atoms with Crippen LogP contribution in [0.15, 0.2) is 25.9 Å². The number of anilines is 1. The Hall–Kier alpha value is -0.330. The Bertz CT molecular complexity index is 430. The Labute approximate surface area is 102 Å². The molecule has 0 aliphatic heterocycles. The van der Waals surface area contributed by atoms with Crippen LogP contribution in [0, 0.1) is 0 Å². The van der Waals surface area contributed by atoms with Crippen molar-refractivity contribution in [2.75, 3.05) is 5.73 Å². The lowest BCUT2D eigenvalue weighted by Gasteiger charge is -1.98. The van der Waals surface area contributed by atoms with Crippen LogP contribution < -0.4 is 5.73 Å². The highest BCUT2D eigenvalue weighted by molar-refractivity contribution is 9.11. The molecular formula is C8H7Br2N3S.